The summed E-state index contributed by atoms with van der Waals surface area (Å²) >= 11 is 0. The largest absolute Gasteiger partial charge is 0.454 e. The number of carbonyl (C=O) groups is 3. The lowest BCUT2D eigenvalue weighted by Crippen LogP contribution is -2.45. The third-order valence-electron chi connectivity index (χ3n) is 5.11. The van der Waals surface area contributed by atoms with Gasteiger partial charge in [0.15, 0.2) is 11.5 Å². The standard InChI is InChI=1S/C20H27N3O5/c1-12(2)5-6-13(3)21-17(24)10-23-18(25)20(4,22-19(23)26)14-7-8-15-16(9-14)28-11-27-15/h7-9,12-13H,5-6,10-11H2,1-4H3,(H,21,24)(H,22,26)/t13-,20-/m1/s1. The Bertz CT molecular complexity index is 794. The maximum atomic E-state index is 13.0. The lowest BCUT2D eigenvalue weighted by molar-refractivity contribution is -0.135. The van der Waals surface area contributed by atoms with Gasteiger partial charge in [0.05, 0.1) is 0 Å². The molecule has 28 heavy (non-hydrogen) atoms. The second-order valence-corrected chi connectivity index (χ2v) is 7.95. The Balaban J connectivity index is 1.67. The summed E-state index contributed by atoms with van der Waals surface area (Å²) in [6, 6.07) is 4.49. The van der Waals surface area contributed by atoms with E-state index in [2.05, 4.69) is 24.5 Å². The summed E-state index contributed by atoms with van der Waals surface area (Å²) < 4.78 is 10.6. The first-order valence-electron chi connectivity index (χ1n) is 9.54. The molecule has 1 saturated heterocycles. The Labute approximate surface area is 164 Å². The van der Waals surface area contributed by atoms with Crippen molar-refractivity contribution in [2.24, 2.45) is 5.92 Å². The molecule has 152 valence electrons. The fourth-order valence-corrected chi connectivity index (χ4v) is 3.36. The van der Waals surface area contributed by atoms with Gasteiger partial charge in [0.2, 0.25) is 12.7 Å². The minimum Gasteiger partial charge on any atom is -0.454 e. The maximum Gasteiger partial charge on any atom is 0.325 e. The summed E-state index contributed by atoms with van der Waals surface area (Å²) in [6.45, 7) is 7.60. The number of ether oxygens (including phenoxy) is 2. The molecule has 2 aliphatic heterocycles. The Morgan fingerprint density at radius 3 is 2.64 bits per heavy atom. The van der Waals surface area contributed by atoms with Crippen LogP contribution in [0.4, 0.5) is 4.79 Å². The van der Waals surface area contributed by atoms with Crippen LogP contribution in [-0.2, 0) is 15.1 Å². The molecule has 2 atom stereocenters. The van der Waals surface area contributed by atoms with Crippen molar-refractivity contribution in [3.05, 3.63) is 23.8 Å². The molecular weight excluding hydrogens is 362 g/mol. The van der Waals surface area contributed by atoms with Crippen molar-refractivity contribution in [3.63, 3.8) is 0 Å². The van der Waals surface area contributed by atoms with Gasteiger partial charge in [0, 0.05) is 6.04 Å². The van der Waals surface area contributed by atoms with Gasteiger partial charge in [-0.2, -0.15) is 0 Å². The van der Waals surface area contributed by atoms with E-state index in [9.17, 15) is 14.4 Å². The van der Waals surface area contributed by atoms with Crippen molar-refractivity contribution in [1.82, 2.24) is 15.5 Å². The number of fused-ring (bicyclic) bond motifs is 1. The number of carbonyl (C=O) groups excluding carboxylic acids is 3. The summed E-state index contributed by atoms with van der Waals surface area (Å²) in [4.78, 5) is 38.6. The van der Waals surface area contributed by atoms with Crippen LogP contribution in [0.2, 0.25) is 0 Å². The number of nitrogens with one attached hydrogen (secondary N) is 2. The molecule has 2 heterocycles. The highest BCUT2D eigenvalue weighted by molar-refractivity contribution is 6.09. The number of amides is 4. The molecule has 2 N–H and O–H groups in total. The smallest absolute Gasteiger partial charge is 0.325 e. The molecule has 1 aromatic rings. The Kier molecular flexibility index (Phi) is 5.49. The molecule has 4 amide bonds. The third-order valence-corrected chi connectivity index (χ3v) is 5.11. The lowest BCUT2D eigenvalue weighted by atomic mass is 9.91. The summed E-state index contributed by atoms with van der Waals surface area (Å²) in [6.07, 6.45) is 1.84. The predicted molar refractivity (Wildman–Crippen MR) is 102 cm³/mol. The van der Waals surface area contributed by atoms with Gasteiger partial charge in [-0.15, -0.1) is 0 Å². The Morgan fingerprint density at radius 2 is 1.93 bits per heavy atom. The highest BCUT2D eigenvalue weighted by Crippen LogP contribution is 2.37. The van der Waals surface area contributed by atoms with E-state index in [4.69, 9.17) is 9.47 Å². The van der Waals surface area contributed by atoms with Crippen LogP contribution in [0.25, 0.3) is 0 Å². The van der Waals surface area contributed by atoms with E-state index >= 15 is 0 Å². The lowest BCUT2D eigenvalue weighted by Gasteiger charge is -2.22. The monoisotopic (exact) mass is 389 g/mol. The van der Waals surface area contributed by atoms with E-state index in [1.54, 1.807) is 25.1 Å². The second kappa shape index (κ2) is 7.69. The number of hydrogen-bond acceptors (Lipinski definition) is 5. The molecule has 1 aromatic carbocycles. The minimum atomic E-state index is -1.26. The molecule has 0 bridgehead atoms. The average Bonchev–Trinajstić information content (AvgIpc) is 3.18. The number of hydrogen-bond donors (Lipinski definition) is 2. The van der Waals surface area contributed by atoms with Crippen molar-refractivity contribution < 1.29 is 23.9 Å². The predicted octanol–water partition coefficient (Wildman–Crippen LogP) is 2.12. The Hall–Kier alpha value is -2.77. The first-order valence-corrected chi connectivity index (χ1v) is 9.54. The zero-order valence-electron chi connectivity index (χ0n) is 16.7. The zero-order valence-corrected chi connectivity index (χ0v) is 16.7. The number of urea groups is 1. The molecule has 0 radical (unpaired) electrons. The van der Waals surface area contributed by atoms with Crippen LogP contribution in [0, 0.1) is 5.92 Å². The van der Waals surface area contributed by atoms with Gasteiger partial charge >= 0.3 is 6.03 Å². The first kappa shape index (κ1) is 20.0. The van der Waals surface area contributed by atoms with Crippen molar-refractivity contribution in [1.29, 1.82) is 0 Å². The van der Waals surface area contributed by atoms with E-state index in [1.807, 2.05) is 6.92 Å². The van der Waals surface area contributed by atoms with Crippen molar-refractivity contribution >= 4 is 17.8 Å². The average molecular weight is 389 g/mol. The van der Waals surface area contributed by atoms with Crippen molar-refractivity contribution in [3.8, 4) is 11.5 Å². The van der Waals surface area contributed by atoms with Gasteiger partial charge in [-0.05, 0) is 50.3 Å². The van der Waals surface area contributed by atoms with Gasteiger partial charge in [0.25, 0.3) is 5.91 Å². The first-order chi connectivity index (χ1) is 13.2. The highest BCUT2D eigenvalue weighted by Gasteiger charge is 2.49. The van der Waals surface area contributed by atoms with Gasteiger partial charge in [-0.1, -0.05) is 19.9 Å². The van der Waals surface area contributed by atoms with Crippen LogP contribution in [0.5, 0.6) is 11.5 Å². The molecule has 3 rings (SSSR count). The van der Waals surface area contributed by atoms with Crippen molar-refractivity contribution in [2.45, 2.75) is 52.1 Å². The summed E-state index contributed by atoms with van der Waals surface area (Å²) in [7, 11) is 0. The molecule has 0 saturated carbocycles. The van der Waals surface area contributed by atoms with Gasteiger partial charge in [-0.3, -0.25) is 14.5 Å². The molecule has 1 fully saturated rings. The maximum absolute atomic E-state index is 13.0. The molecular formula is C20H27N3O5. The van der Waals surface area contributed by atoms with E-state index in [-0.39, 0.29) is 25.3 Å². The van der Waals surface area contributed by atoms with E-state index in [0.717, 1.165) is 17.7 Å². The fraction of sp³-hybridized carbons (Fsp3) is 0.550. The quantitative estimate of drug-likeness (QED) is 0.697. The molecule has 0 aliphatic carbocycles. The van der Waals surface area contributed by atoms with E-state index in [1.165, 1.54) is 0 Å². The number of imide groups is 1. The number of benzene rings is 1. The third kappa shape index (κ3) is 3.90. The molecule has 2 aliphatic rings. The topological polar surface area (TPSA) is 97.0 Å². The SMILES string of the molecule is CC(C)CC[C@@H](C)NC(=O)CN1C(=O)N[C@](C)(c2ccc3c(c2)OCO3)C1=O. The summed E-state index contributed by atoms with van der Waals surface area (Å²) in [5, 5.41) is 5.55. The van der Waals surface area contributed by atoms with Gasteiger partial charge < -0.3 is 20.1 Å². The molecule has 8 heteroatoms. The number of nitrogens with zero attached hydrogens (tertiary/aromatic N) is 1. The van der Waals surface area contributed by atoms with Gasteiger partial charge in [-0.25, -0.2) is 4.79 Å². The van der Waals surface area contributed by atoms with Crippen molar-refractivity contribution in [2.75, 3.05) is 13.3 Å². The van der Waals surface area contributed by atoms with Crippen LogP contribution >= 0.6 is 0 Å². The highest BCUT2D eigenvalue weighted by atomic mass is 16.7. The summed E-state index contributed by atoms with van der Waals surface area (Å²) in [5.41, 5.74) is -0.690. The minimum absolute atomic E-state index is 0.0177. The Morgan fingerprint density at radius 1 is 1.21 bits per heavy atom. The van der Waals surface area contributed by atoms with Crippen LogP contribution in [0.1, 0.15) is 46.1 Å². The molecule has 0 unspecified atom stereocenters. The second-order valence-electron chi connectivity index (χ2n) is 7.95. The van der Waals surface area contributed by atoms with Crippen LogP contribution < -0.4 is 20.1 Å². The molecule has 0 aromatic heterocycles. The normalized spacial score (nSPS) is 21.8. The summed E-state index contributed by atoms with van der Waals surface area (Å²) in [5.74, 6) is 0.843. The fourth-order valence-electron chi connectivity index (χ4n) is 3.36. The zero-order chi connectivity index (χ0) is 20.5. The van der Waals surface area contributed by atoms with Gasteiger partial charge in [0.1, 0.15) is 12.1 Å². The van der Waals surface area contributed by atoms with E-state index in [0.29, 0.717) is 23.0 Å². The molecule has 0 spiro atoms. The molecule has 8 nitrogen and oxygen atoms in total. The van der Waals surface area contributed by atoms with Crippen LogP contribution in [0.3, 0.4) is 0 Å². The van der Waals surface area contributed by atoms with Crippen LogP contribution in [-0.4, -0.2) is 42.1 Å². The van der Waals surface area contributed by atoms with Crippen LogP contribution in [0.15, 0.2) is 18.2 Å². The number of rotatable bonds is 7. The van der Waals surface area contributed by atoms with E-state index < -0.39 is 17.5 Å².